The monoisotopic (exact) mass is 333 g/mol. The molecule has 0 radical (unpaired) electrons. The highest BCUT2D eigenvalue weighted by atomic mass is 35.5. The van der Waals surface area contributed by atoms with Crippen molar-refractivity contribution in [2.24, 2.45) is 0 Å². The van der Waals surface area contributed by atoms with Gasteiger partial charge in [-0.15, -0.1) is 0 Å². The number of amides is 1. The summed E-state index contributed by atoms with van der Waals surface area (Å²) >= 11 is 6.12. The van der Waals surface area contributed by atoms with Crippen LogP contribution in [0.5, 0.6) is 5.75 Å². The normalized spacial score (nSPS) is 11.8. The Morgan fingerprint density at radius 1 is 1.26 bits per heavy atom. The molecule has 0 spiro atoms. The second kappa shape index (κ2) is 7.99. The molecule has 122 valence electrons. The van der Waals surface area contributed by atoms with E-state index in [0.29, 0.717) is 17.3 Å². The van der Waals surface area contributed by atoms with Crippen molar-refractivity contribution >= 4 is 23.2 Å². The second-order valence-corrected chi connectivity index (χ2v) is 5.63. The topological polar surface area (TPSA) is 47.6 Å². The van der Waals surface area contributed by atoms with Gasteiger partial charge in [0.1, 0.15) is 11.9 Å². The van der Waals surface area contributed by atoms with Crippen molar-refractivity contribution in [3.8, 4) is 5.75 Å². The predicted octanol–water partition coefficient (Wildman–Crippen LogP) is 4.20. The van der Waals surface area contributed by atoms with Gasteiger partial charge in [0, 0.05) is 0 Å². The van der Waals surface area contributed by atoms with E-state index in [1.165, 1.54) is 0 Å². The highest BCUT2D eigenvalue weighted by Gasteiger charge is 2.16. The van der Waals surface area contributed by atoms with Gasteiger partial charge in [0.25, 0.3) is 5.91 Å². The van der Waals surface area contributed by atoms with E-state index in [-0.39, 0.29) is 5.91 Å². The highest BCUT2D eigenvalue weighted by Crippen LogP contribution is 2.25. The summed E-state index contributed by atoms with van der Waals surface area (Å²) in [7, 11) is 1.61. The molecule has 4 nitrogen and oxygen atoms in total. The molecule has 0 aliphatic carbocycles. The van der Waals surface area contributed by atoms with Gasteiger partial charge in [0.2, 0.25) is 0 Å². The van der Waals surface area contributed by atoms with Crippen LogP contribution in [0.25, 0.3) is 0 Å². The zero-order valence-electron chi connectivity index (χ0n) is 13.4. The molecule has 1 amide bonds. The SMILES string of the molecule is COc1cccc(CO[C@H](C)C(=O)Nc2c(C)cccc2Cl)c1. The first-order chi connectivity index (χ1) is 11.0. The minimum absolute atomic E-state index is 0.232. The number of nitrogens with one attached hydrogen (secondary N) is 1. The molecule has 0 aliphatic rings. The molecular formula is C18H20ClNO3. The molecule has 0 saturated carbocycles. The van der Waals surface area contributed by atoms with E-state index >= 15 is 0 Å². The molecule has 2 aromatic carbocycles. The van der Waals surface area contributed by atoms with Crippen molar-refractivity contribution in [1.29, 1.82) is 0 Å². The molecule has 0 aromatic heterocycles. The van der Waals surface area contributed by atoms with E-state index in [0.717, 1.165) is 16.9 Å². The summed E-state index contributed by atoms with van der Waals surface area (Å²) in [6.07, 6.45) is -0.600. The molecule has 2 rings (SSSR count). The molecule has 5 heteroatoms. The van der Waals surface area contributed by atoms with Crippen LogP contribution in [-0.2, 0) is 16.1 Å². The fraction of sp³-hybridized carbons (Fsp3) is 0.278. The molecule has 0 heterocycles. The van der Waals surface area contributed by atoms with Gasteiger partial charge in [0.15, 0.2) is 0 Å². The van der Waals surface area contributed by atoms with E-state index in [4.69, 9.17) is 21.1 Å². The lowest BCUT2D eigenvalue weighted by atomic mass is 10.2. The lowest BCUT2D eigenvalue weighted by molar-refractivity contribution is -0.127. The minimum atomic E-state index is -0.600. The van der Waals surface area contributed by atoms with Crippen molar-refractivity contribution in [2.75, 3.05) is 12.4 Å². The quantitative estimate of drug-likeness (QED) is 0.861. The Morgan fingerprint density at radius 2 is 2.00 bits per heavy atom. The zero-order chi connectivity index (χ0) is 16.8. The summed E-state index contributed by atoms with van der Waals surface area (Å²) in [5, 5.41) is 3.33. The first-order valence-corrected chi connectivity index (χ1v) is 7.69. The number of para-hydroxylation sites is 1. The Morgan fingerprint density at radius 3 is 2.70 bits per heavy atom. The number of halogens is 1. The zero-order valence-corrected chi connectivity index (χ0v) is 14.2. The Labute approximate surface area is 141 Å². The molecule has 1 N–H and O–H groups in total. The third kappa shape index (κ3) is 4.71. The number of carbonyl (C=O) groups is 1. The number of carbonyl (C=O) groups excluding carboxylic acids is 1. The largest absolute Gasteiger partial charge is 0.497 e. The van der Waals surface area contributed by atoms with Crippen LogP contribution in [0.3, 0.4) is 0 Å². The average molecular weight is 334 g/mol. The van der Waals surface area contributed by atoms with E-state index < -0.39 is 6.10 Å². The molecule has 0 saturated heterocycles. The number of hydrogen-bond acceptors (Lipinski definition) is 3. The van der Waals surface area contributed by atoms with Crippen LogP contribution in [0, 0.1) is 6.92 Å². The Bertz CT molecular complexity index is 667. The van der Waals surface area contributed by atoms with Gasteiger partial charge >= 0.3 is 0 Å². The van der Waals surface area contributed by atoms with Gasteiger partial charge in [-0.1, -0.05) is 35.9 Å². The van der Waals surface area contributed by atoms with Gasteiger partial charge in [-0.05, 0) is 43.2 Å². The van der Waals surface area contributed by atoms with Crippen LogP contribution in [0.1, 0.15) is 18.1 Å². The van der Waals surface area contributed by atoms with Crippen molar-refractivity contribution in [3.63, 3.8) is 0 Å². The number of ether oxygens (including phenoxy) is 2. The molecule has 0 aliphatic heterocycles. The molecule has 0 unspecified atom stereocenters. The van der Waals surface area contributed by atoms with E-state index in [1.807, 2.05) is 43.3 Å². The third-order valence-electron chi connectivity index (χ3n) is 3.47. The third-order valence-corrected chi connectivity index (χ3v) is 3.79. The lowest BCUT2D eigenvalue weighted by Gasteiger charge is -2.16. The highest BCUT2D eigenvalue weighted by molar-refractivity contribution is 6.34. The Balaban J connectivity index is 1.95. The van der Waals surface area contributed by atoms with Crippen molar-refractivity contribution in [2.45, 2.75) is 26.6 Å². The Hall–Kier alpha value is -2.04. The fourth-order valence-electron chi connectivity index (χ4n) is 2.07. The maximum absolute atomic E-state index is 12.2. The van der Waals surface area contributed by atoms with E-state index in [9.17, 15) is 4.79 Å². The van der Waals surface area contributed by atoms with Crippen LogP contribution >= 0.6 is 11.6 Å². The van der Waals surface area contributed by atoms with Crippen LogP contribution in [-0.4, -0.2) is 19.1 Å². The minimum Gasteiger partial charge on any atom is -0.497 e. The van der Waals surface area contributed by atoms with Crippen molar-refractivity contribution in [3.05, 3.63) is 58.6 Å². The molecule has 1 atom stereocenters. The van der Waals surface area contributed by atoms with Gasteiger partial charge in [0.05, 0.1) is 24.4 Å². The molecule has 0 fully saturated rings. The fourth-order valence-corrected chi connectivity index (χ4v) is 2.34. The number of methoxy groups -OCH3 is 1. The van der Waals surface area contributed by atoms with Crippen LogP contribution in [0.2, 0.25) is 5.02 Å². The number of benzene rings is 2. The molecule has 2 aromatic rings. The first-order valence-electron chi connectivity index (χ1n) is 7.31. The van der Waals surface area contributed by atoms with Crippen LogP contribution in [0.4, 0.5) is 5.69 Å². The second-order valence-electron chi connectivity index (χ2n) is 5.23. The number of anilines is 1. The summed E-state index contributed by atoms with van der Waals surface area (Å²) in [6.45, 7) is 3.93. The van der Waals surface area contributed by atoms with Gasteiger partial charge in [-0.2, -0.15) is 0 Å². The van der Waals surface area contributed by atoms with E-state index in [2.05, 4.69) is 5.32 Å². The maximum atomic E-state index is 12.2. The summed E-state index contributed by atoms with van der Waals surface area (Å²) in [5.74, 6) is 0.527. The lowest BCUT2D eigenvalue weighted by Crippen LogP contribution is -2.28. The van der Waals surface area contributed by atoms with Crippen LogP contribution < -0.4 is 10.1 Å². The summed E-state index contributed by atoms with van der Waals surface area (Å²) in [5.41, 5.74) is 2.47. The number of hydrogen-bond donors (Lipinski definition) is 1. The van der Waals surface area contributed by atoms with Gasteiger partial charge in [-0.3, -0.25) is 4.79 Å². The summed E-state index contributed by atoms with van der Waals surface area (Å²) < 4.78 is 10.8. The smallest absolute Gasteiger partial charge is 0.253 e. The predicted molar refractivity (Wildman–Crippen MR) is 92.1 cm³/mol. The standard InChI is InChI=1S/C18H20ClNO3/c1-12-6-4-9-16(19)17(12)20-18(21)13(2)23-11-14-7-5-8-15(10-14)22-3/h4-10,13H,11H2,1-3H3,(H,20,21)/t13-/m1/s1. The molecular weight excluding hydrogens is 314 g/mol. The maximum Gasteiger partial charge on any atom is 0.253 e. The van der Waals surface area contributed by atoms with Gasteiger partial charge in [-0.25, -0.2) is 0 Å². The van der Waals surface area contributed by atoms with Crippen molar-refractivity contribution in [1.82, 2.24) is 0 Å². The summed E-state index contributed by atoms with van der Waals surface area (Å²) in [4.78, 5) is 12.2. The molecule has 23 heavy (non-hydrogen) atoms. The number of aryl methyl sites for hydroxylation is 1. The van der Waals surface area contributed by atoms with Crippen LogP contribution in [0.15, 0.2) is 42.5 Å². The van der Waals surface area contributed by atoms with Gasteiger partial charge < -0.3 is 14.8 Å². The molecule has 0 bridgehead atoms. The number of rotatable bonds is 6. The van der Waals surface area contributed by atoms with E-state index in [1.54, 1.807) is 20.1 Å². The Kier molecular flexibility index (Phi) is 6.02. The van der Waals surface area contributed by atoms with Crippen molar-refractivity contribution < 1.29 is 14.3 Å². The summed E-state index contributed by atoms with van der Waals surface area (Å²) in [6, 6.07) is 13.0. The first kappa shape index (κ1) is 17.3. The average Bonchev–Trinajstić information content (AvgIpc) is 2.56.